The molecule has 0 atom stereocenters. The van der Waals surface area contributed by atoms with Crippen molar-refractivity contribution in [2.24, 2.45) is 0 Å². The summed E-state index contributed by atoms with van der Waals surface area (Å²) in [5.74, 6) is 0. The van der Waals surface area contributed by atoms with Crippen LogP contribution < -0.4 is 0 Å². The second-order valence-corrected chi connectivity index (χ2v) is 1.10. The van der Waals surface area contributed by atoms with Gasteiger partial charge in [0.1, 0.15) is 0 Å². The van der Waals surface area contributed by atoms with Crippen LogP contribution in [0.2, 0.25) is 0 Å². The zero-order valence-corrected chi connectivity index (χ0v) is 8.29. The summed E-state index contributed by atoms with van der Waals surface area (Å²) in [4.78, 5) is 0. The van der Waals surface area contributed by atoms with Gasteiger partial charge in [-0.05, 0) is 0 Å². The molecule has 0 unspecified atom stereocenters. The summed E-state index contributed by atoms with van der Waals surface area (Å²) in [5.41, 5.74) is 1.00. The van der Waals surface area contributed by atoms with Crippen LogP contribution in [0.3, 0.4) is 0 Å². The molecule has 0 amide bonds. The fourth-order valence-corrected chi connectivity index (χ4v) is 0. The molecule has 0 heterocycles. The molecule has 0 aromatic carbocycles. The molecule has 0 aromatic heterocycles. The second-order valence-electron chi connectivity index (χ2n) is 1.10. The third-order valence-corrected chi connectivity index (χ3v) is 0.500. The van der Waals surface area contributed by atoms with E-state index >= 15 is 0 Å². The first-order valence-electron chi connectivity index (χ1n) is 1.77. The Labute approximate surface area is 63.4 Å². The molecule has 6 heavy (non-hydrogen) atoms. The summed E-state index contributed by atoms with van der Waals surface area (Å²) in [5, 5.41) is 0. The molecule has 0 spiro atoms. The summed E-state index contributed by atoms with van der Waals surface area (Å²) in [7, 11) is 0. The van der Waals surface area contributed by atoms with E-state index in [1.807, 2.05) is 6.92 Å². The van der Waals surface area contributed by atoms with Crippen molar-refractivity contribution in [2.45, 2.75) is 13.3 Å². The Balaban J connectivity index is 0. The van der Waals surface area contributed by atoms with E-state index in [9.17, 15) is 0 Å². The topological polar surface area (TPSA) is 0 Å². The van der Waals surface area contributed by atoms with Crippen LogP contribution in [0, 0.1) is 38.0 Å². The van der Waals surface area contributed by atoms with Gasteiger partial charge in [0.2, 0.25) is 0 Å². The molecule has 0 aliphatic rings. The standard InChI is InChI=1S/C5H9.U/c1-4-5(2)3;/h2-4H2,1H3;/q-1;. The second kappa shape index (κ2) is 5.66. The Kier molecular flexibility index (Phi) is 9.27. The van der Waals surface area contributed by atoms with Gasteiger partial charge in [0, 0.05) is 31.1 Å². The average molecular weight is 307 g/mol. The zero-order chi connectivity index (χ0) is 4.28. The molecule has 0 radical (unpaired) electrons. The molecule has 0 aromatic rings. The van der Waals surface area contributed by atoms with Gasteiger partial charge in [0.25, 0.3) is 0 Å². The van der Waals surface area contributed by atoms with Crippen molar-refractivity contribution in [3.63, 3.8) is 0 Å². The Bertz CT molecular complexity index is 39.2. The maximum Gasteiger partial charge on any atom is 0 e. The van der Waals surface area contributed by atoms with E-state index in [4.69, 9.17) is 0 Å². The van der Waals surface area contributed by atoms with Crippen LogP contribution in [0.4, 0.5) is 0 Å². The molecule has 0 aliphatic heterocycles. The molecule has 34 valence electrons. The third kappa shape index (κ3) is 8.82. The largest absolute Gasteiger partial charge is 0.242 e. The van der Waals surface area contributed by atoms with Crippen molar-refractivity contribution < 1.29 is 31.1 Å². The van der Waals surface area contributed by atoms with Crippen molar-refractivity contribution in [1.29, 1.82) is 0 Å². The van der Waals surface area contributed by atoms with Crippen LogP contribution in [0.15, 0.2) is 12.2 Å². The van der Waals surface area contributed by atoms with Gasteiger partial charge in [0.15, 0.2) is 0 Å². The number of hydrogen-bond donors (Lipinski definition) is 0. The molecule has 0 aliphatic carbocycles. The molecule has 0 nitrogen and oxygen atoms in total. The fraction of sp³-hybridized carbons (Fsp3) is 0.400. The minimum atomic E-state index is 0. The van der Waals surface area contributed by atoms with Gasteiger partial charge in [-0.3, -0.25) is 0 Å². The quantitative estimate of drug-likeness (QED) is 0.648. The van der Waals surface area contributed by atoms with Crippen molar-refractivity contribution in [2.75, 3.05) is 0 Å². The van der Waals surface area contributed by atoms with Crippen LogP contribution in [-0.4, -0.2) is 0 Å². The van der Waals surface area contributed by atoms with E-state index in [-0.39, 0.29) is 31.1 Å². The molecule has 0 fully saturated rings. The summed E-state index contributed by atoms with van der Waals surface area (Å²) < 4.78 is 0. The monoisotopic (exact) mass is 307 g/mol. The van der Waals surface area contributed by atoms with E-state index in [1.165, 1.54) is 0 Å². The van der Waals surface area contributed by atoms with Gasteiger partial charge in [-0.1, -0.05) is 13.3 Å². The number of hydrogen-bond acceptors (Lipinski definition) is 0. The van der Waals surface area contributed by atoms with Crippen molar-refractivity contribution >= 4 is 0 Å². The van der Waals surface area contributed by atoms with Crippen LogP contribution in [0.25, 0.3) is 0 Å². The minimum absolute atomic E-state index is 0. The normalized spacial score (nSPS) is 6.17. The minimum Gasteiger partial charge on any atom is -0.242 e. The van der Waals surface area contributed by atoms with E-state index in [0.29, 0.717) is 0 Å². The van der Waals surface area contributed by atoms with Crippen molar-refractivity contribution in [1.82, 2.24) is 0 Å². The first-order chi connectivity index (χ1) is 2.27. The summed E-state index contributed by atoms with van der Waals surface area (Å²) in [6.45, 7) is 9.16. The molecule has 0 rings (SSSR count). The molecular formula is C5H9U-. The number of allylic oxidation sites excluding steroid dienone is 1. The van der Waals surface area contributed by atoms with Crippen molar-refractivity contribution in [3.05, 3.63) is 19.1 Å². The SMILES string of the molecule is C=C([CH2-])CC.[U]. The van der Waals surface area contributed by atoms with Gasteiger partial charge in [0.05, 0.1) is 0 Å². The van der Waals surface area contributed by atoms with Crippen LogP contribution in [0.5, 0.6) is 0 Å². The van der Waals surface area contributed by atoms with E-state index < -0.39 is 0 Å². The Morgan fingerprint density at radius 1 is 1.83 bits per heavy atom. The first kappa shape index (κ1) is 9.83. The zero-order valence-electron chi connectivity index (χ0n) is 4.12. The molecular weight excluding hydrogens is 298 g/mol. The Morgan fingerprint density at radius 2 is 2.00 bits per heavy atom. The van der Waals surface area contributed by atoms with E-state index in [2.05, 4.69) is 13.5 Å². The Hall–Kier alpha value is 0.662. The average Bonchev–Trinajstić information content (AvgIpc) is 1.38. The van der Waals surface area contributed by atoms with Gasteiger partial charge >= 0.3 is 0 Å². The van der Waals surface area contributed by atoms with Crippen LogP contribution in [-0.2, 0) is 0 Å². The van der Waals surface area contributed by atoms with Crippen molar-refractivity contribution in [3.8, 4) is 0 Å². The maximum atomic E-state index is 3.56. The molecule has 0 saturated carbocycles. The van der Waals surface area contributed by atoms with Gasteiger partial charge in [-0.25, -0.2) is 19.1 Å². The predicted molar refractivity (Wildman–Crippen MR) is 24.8 cm³/mol. The predicted octanol–water partition coefficient (Wildman–Crippen LogP) is 1.79. The number of rotatable bonds is 1. The molecule has 0 bridgehead atoms. The van der Waals surface area contributed by atoms with Crippen LogP contribution in [0.1, 0.15) is 13.3 Å². The Morgan fingerprint density at radius 3 is 2.00 bits per heavy atom. The summed E-state index contributed by atoms with van der Waals surface area (Å²) in [6, 6.07) is 0. The molecule has 1 heteroatoms. The van der Waals surface area contributed by atoms with Gasteiger partial charge in [-0.2, -0.15) is 0 Å². The van der Waals surface area contributed by atoms with E-state index in [0.717, 1.165) is 12.0 Å². The van der Waals surface area contributed by atoms with Gasteiger partial charge in [-0.15, -0.1) is 0 Å². The van der Waals surface area contributed by atoms with Crippen LogP contribution >= 0.6 is 0 Å². The fourth-order valence-electron chi connectivity index (χ4n) is 0. The molecule has 0 N–H and O–H groups in total. The smallest absolute Gasteiger partial charge is 0 e. The first-order valence-corrected chi connectivity index (χ1v) is 1.77. The van der Waals surface area contributed by atoms with E-state index in [1.54, 1.807) is 0 Å². The summed E-state index contributed by atoms with van der Waals surface area (Å²) >= 11 is 0. The summed E-state index contributed by atoms with van der Waals surface area (Å²) in [6.07, 6.45) is 1.00. The third-order valence-electron chi connectivity index (χ3n) is 0.500. The molecule has 0 saturated heterocycles. The van der Waals surface area contributed by atoms with Gasteiger partial charge < -0.3 is 0 Å². The maximum absolute atomic E-state index is 3.56.